The smallest absolute Gasteiger partial charge is 0.308 e. The largest absolute Gasteiger partial charge is 0.469 e. The monoisotopic (exact) mass is 272 g/mol. The molecule has 1 heterocycles. The van der Waals surface area contributed by atoms with Crippen LogP contribution in [0.15, 0.2) is 24.4 Å². The van der Waals surface area contributed by atoms with Gasteiger partial charge in [-0.1, -0.05) is 12.1 Å². The Hall–Kier alpha value is -1.84. The van der Waals surface area contributed by atoms with Crippen LogP contribution in [0, 0.1) is 12.8 Å². The van der Waals surface area contributed by atoms with E-state index in [0.717, 1.165) is 31.2 Å². The van der Waals surface area contributed by atoms with Gasteiger partial charge in [-0.2, -0.15) is 5.10 Å². The van der Waals surface area contributed by atoms with Gasteiger partial charge in [-0.15, -0.1) is 0 Å². The second-order valence-electron chi connectivity index (χ2n) is 5.70. The molecule has 0 unspecified atom stereocenters. The van der Waals surface area contributed by atoms with Crippen molar-refractivity contribution in [3.05, 3.63) is 30.0 Å². The number of fused-ring (bicyclic) bond motifs is 1. The molecule has 4 heteroatoms. The molecule has 1 aromatic carbocycles. The SMILES string of the molecule is COC(=O)C1CCC(n2cc3ccc(C)cc3n2)CC1. The summed E-state index contributed by atoms with van der Waals surface area (Å²) in [6.07, 6.45) is 5.90. The molecular formula is C16H20N2O2. The summed E-state index contributed by atoms with van der Waals surface area (Å²) in [6, 6.07) is 6.76. The third-order valence-electron chi connectivity index (χ3n) is 4.29. The summed E-state index contributed by atoms with van der Waals surface area (Å²) >= 11 is 0. The Morgan fingerprint density at radius 2 is 2.05 bits per heavy atom. The van der Waals surface area contributed by atoms with E-state index in [0.29, 0.717) is 6.04 Å². The molecule has 0 bridgehead atoms. The molecule has 1 saturated carbocycles. The van der Waals surface area contributed by atoms with Crippen LogP contribution in [0.1, 0.15) is 37.3 Å². The van der Waals surface area contributed by atoms with E-state index in [9.17, 15) is 4.79 Å². The Bertz CT molecular complexity index is 624. The third kappa shape index (κ3) is 2.42. The first-order valence-corrected chi connectivity index (χ1v) is 7.20. The van der Waals surface area contributed by atoms with E-state index in [4.69, 9.17) is 4.74 Å². The third-order valence-corrected chi connectivity index (χ3v) is 4.29. The summed E-state index contributed by atoms with van der Waals surface area (Å²) in [5.74, 6) is 0.00757. The number of hydrogen-bond acceptors (Lipinski definition) is 3. The lowest BCUT2D eigenvalue weighted by Gasteiger charge is -2.26. The highest BCUT2D eigenvalue weighted by Crippen LogP contribution is 2.33. The molecule has 0 amide bonds. The number of hydrogen-bond donors (Lipinski definition) is 0. The Kier molecular flexibility index (Phi) is 3.47. The molecule has 4 nitrogen and oxygen atoms in total. The van der Waals surface area contributed by atoms with E-state index in [2.05, 4.69) is 41.1 Å². The minimum Gasteiger partial charge on any atom is -0.469 e. The molecule has 106 valence electrons. The molecule has 0 N–H and O–H groups in total. The second kappa shape index (κ2) is 5.27. The summed E-state index contributed by atoms with van der Waals surface area (Å²) in [6.45, 7) is 2.08. The number of esters is 1. The lowest BCUT2D eigenvalue weighted by Crippen LogP contribution is -2.24. The van der Waals surface area contributed by atoms with E-state index < -0.39 is 0 Å². The van der Waals surface area contributed by atoms with Gasteiger partial charge >= 0.3 is 5.97 Å². The van der Waals surface area contributed by atoms with Crippen molar-refractivity contribution in [3.8, 4) is 0 Å². The van der Waals surface area contributed by atoms with Gasteiger partial charge in [0.2, 0.25) is 0 Å². The highest BCUT2D eigenvalue weighted by molar-refractivity contribution is 5.78. The Morgan fingerprint density at radius 3 is 2.75 bits per heavy atom. The molecule has 0 spiro atoms. The number of methoxy groups -OCH3 is 1. The zero-order valence-corrected chi connectivity index (χ0v) is 12.0. The number of carbonyl (C=O) groups is 1. The minimum absolute atomic E-state index is 0.0651. The van der Waals surface area contributed by atoms with Gasteiger partial charge in [-0.3, -0.25) is 9.48 Å². The van der Waals surface area contributed by atoms with Gasteiger partial charge in [0.15, 0.2) is 0 Å². The maximum Gasteiger partial charge on any atom is 0.308 e. The van der Waals surface area contributed by atoms with Crippen LogP contribution in [0.25, 0.3) is 10.9 Å². The number of nitrogens with zero attached hydrogens (tertiary/aromatic N) is 2. The van der Waals surface area contributed by atoms with E-state index in [1.165, 1.54) is 18.1 Å². The first-order valence-electron chi connectivity index (χ1n) is 7.20. The van der Waals surface area contributed by atoms with Gasteiger partial charge in [0.05, 0.1) is 24.6 Å². The topological polar surface area (TPSA) is 44.1 Å². The lowest BCUT2D eigenvalue weighted by atomic mass is 9.86. The van der Waals surface area contributed by atoms with Crippen LogP contribution in [-0.4, -0.2) is 22.9 Å². The molecule has 1 aliphatic rings. The molecule has 0 radical (unpaired) electrons. The summed E-state index contributed by atoms with van der Waals surface area (Å²) < 4.78 is 6.91. The van der Waals surface area contributed by atoms with Crippen molar-refractivity contribution in [2.75, 3.05) is 7.11 Å². The molecular weight excluding hydrogens is 252 g/mol. The highest BCUT2D eigenvalue weighted by Gasteiger charge is 2.28. The first-order chi connectivity index (χ1) is 9.67. The number of carbonyl (C=O) groups excluding carboxylic acids is 1. The zero-order valence-electron chi connectivity index (χ0n) is 12.0. The lowest BCUT2D eigenvalue weighted by molar-refractivity contribution is -0.146. The van der Waals surface area contributed by atoms with Crippen LogP contribution < -0.4 is 0 Å². The molecule has 1 fully saturated rings. The van der Waals surface area contributed by atoms with Gasteiger partial charge < -0.3 is 4.74 Å². The van der Waals surface area contributed by atoms with Crippen molar-refractivity contribution in [1.82, 2.24) is 9.78 Å². The number of aromatic nitrogens is 2. The number of rotatable bonds is 2. The van der Waals surface area contributed by atoms with E-state index >= 15 is 0 Å². The zero-order chi connectivity index (χ0) is 14.1. The van der Waals surface area contributed by atoms with Gasteiger partial charge in [0.1, 0.15) is 0 Å². The predicted molar refractivity (Wildman–Crippen MR) is 77.5 cm³/mol. The number of benzene rings is 1. The average molecular weight is 272 g/mol. The molecule has 2 aromatic rings. The predicted octanol–water partition coefficient (Wildman–Crippen LogP) is 3.25. The van der Waals surface area contributed by atoms with Crippen molar-refractivity contribution in [3.63, 3.8) is 0 Å². The summed E-state index contributed by atoms with van der Waals surface area (Å²) in [5.41, 5.74) is 2.29. The maximum atomic E-state index is 11.5. The minimum atomic E-state index is -0.0651. The number of ether oxygens (including phenoxy) is 1. The fourth-order valence-corrected chi connectivity index (χ4v) is 3.08. The Morgan fingerprint density at radius 1 is 1.30 bits per heavy atom. The van der Waals surface area contributed by atoms with Crippen molar-refractivity contribution in [1.29, 1.82) is 0 Å². The Balaban J connectivity index is 1.75. The maximum absolute atomic E-state index is 11.5. The molecule has 1 aliphatic carbocycles. The van der Waals surface area contributed by atoms with Gasteiger partial charge in [-0.05, 0) is 44.2 Å². The number of aryl methyl sites for hydroxylation is 1. The second-order valence-corrected chi connectivity index (χ2v) is 5.70. The standard InChI is InChI=1S/C16H20N2O2/c1-11-3-4-13-10-18(17-15(13)9-11)14-7-5-12(6-8-14)16(19)20-2/h3-4,9-10,12,14H,5-8H2,1-2H3. The Labute approximate surface area is 118 Å². The summed E-state index contributed by atoms with van der Waals surface area (Å²) in [7, 11) is 1.47. The van der Waals surface area contributed by atoms with Crippen LogP contribution in [0.2, 0.25) is 0 Å². The van der Waals surface area contributed by atoms with Crippen LogP contribution in [0.3, 0.4) is 0 Å². The van der Waals surface area contributed by atoms with Crippen molar-refractivity contribution < 1.29 is 9.53 Å². The average Bonchev–Trinajstić information content (AvgIpc) is 2.89. The normalized spacial score (nSPS) is 22.9. The fourth-order valence-electron chi connectivity index (χ4n) is 3.08. The van der Waals surface area contributed by atoms with E-state index in [1.54, 1.807) is 0 Å². The molecule has 3 rings (SSSR count). The van der Waals surface area contributed by atoms with E-state index in [-0.39, 0.29) is 11.9 Å². The van der Waals surface area contributed by atoms with Gasteiger partial charge in [-0.25, -0.2) is 0 Å². The van der Waals surface area contributed by atoms with Crippen molar-refractivity contribution in [2.24, 2.45) is 5.92 Å². The molecule has 1 aromatic heterocycles. The van der Waals surface area contributed by atoms with Crippen LogP contribution in [0.5, 0.6) is 0 Å². The molecule has 0 aliphatic heterocycles. The summed E-state index contributed by atoms with van der Waals surface area (Å²) in [5, 5.41) is 5.87. The molecule has 0 saturated heterocycles. The summed E-state index contributed by atoms with van der Waals surface area (Å²) in [4.78, 5) is 11.5. The van der Waals surface area contributed by atoms with Gasteiger partial charge in [0.25, 0.3) is 0 Å². The van der Waals surface area contributed by atoms with Crippen LogP contribution in [-0.2, 0) is 9.53 Å². The van der Waals surface area contributed by atoms with Gasteiger partial charge in [0, 0.05) is 11.6 Å². The van der Waals surface area contributed by atoms with E-state index in [1.807, 2.05) is 0 Å². The molecule has 0 atom stereocenters. The van der Waals surface area contributed by atoms with Crippen molar-refractivity contribution in [2.45, 2.75) is 38.6 Å². The van der Waals surface area contributed by atoms with Crippen molar-refractivity contribution >= 4 is 16.9 Å². The van der Waals surface area contributed by atoms with Crippen LogP contribution in [0.4, 0.5) is 0 Å². The first kappa shape index (κ1) is 13.2. The quantitative estimate of drug-likeness (QED) is 0.788. The highest BCUT2D eigenvalue weighted by atomic mass is 16.5. The fraction of sp³-hybridized carbons (Fsp3) is 0.500. The molecule has 20 heavy (non-hydrogen) atoms. The van der Waals surface area contributed by atoms with Crippen LogP contribution >= 0.6 is 0 Å².